The Morgan fingerprint density at radius 1 is 0.288 bits per heavy atom. The van der Waals surface area contributed by atoms with Gasteiger partial charge in [-0.2, -0.15) is 0 Å². The smallest absolute Gasteiger partial charge is 0.0645 e. The third-order valence-electron chi connectivity index (χ3n) is 11.5. The van der Waals surface area contributed by atoms with Gasteiger partial charge in [-0.05, 0) is 112 Å². The highest BCUT2D eigenvalue weighted by Gasteiger charge is 2.21. The molecule has 276 valence electrons. The molecule has 0 amide bonds. The van der Waals surface area contributed by atoms with Gasteiger partial charge in [-0.25, -0.2) is 0 Å². The van der Waals surface area contributed by atoms with Crippen LogP contribution in [0.25, 0.3) is 87.6 Å². The first-order valence-electron chi connectivity index (χ1n) is 22.0. The minimum atomic E-state index is -0.127. The minimum absolute atomic E-state index is 0.105. The van der Waals surface area contributed by atoms with E-state index in [-0.39, 0.29) is 35.4 Å². The van der Waals surface area contributed by atoms with Crippen molar-refractivity contribution in [2.75, 3.05) is 4.90 Å². The van der Waals surface area contributed by atoms with Crippen molar-refractivity contribution in [1.82, 2.24) is 0 Å². The maximum atomic E-state index is 10.0. The van der Waals surface area contributed by atoms with Gasteiger partial charge in [0.25, 0.3) is 0 Å². The van der Waals surface area contributed by atoms with Crippen LogP contribution in [0, 0.1) is 0 Å². The summed E-state index contributed by atoms with van der Waals surface area (Å²) in [4.78, 5) is 1.93. The average molecular weight is 754 g/mol. The van der Waals surface area contributed by atoms with Gasteiger partial charge < -0.3 is 4.90 Å². The predicted molar refractivity (Wildman–Crippen MR) is 253 cm³/mol. The molecule has 11 aromatic rings. The Kier molecular flexibility index (Phi) is 7.55. The van der Waals surface area contributed by atoms with Crippen LogP contribution < -0.4 is 4.90 Å². The molecule has 0 fully saturated rings. The van der Waals surface area contributed by atoms with Crippen molar-refractivity contribution in [3.63, 3.8) is 0 Å². The zero-order valence-electron chi connectivity index (χ0n) is 36.2. The van der Waals surface area contributed by atoms with E-state index in [9.17, 15) is 5.48 Å². The highest BCUT2D eigenvalue weighted by molar-refractivity contribution is 6.21. The lowest BCUT2D eigenvalue weighted by Gasteiger charge is -2.28. The lowest BCUT2D eigenvalue weighted by molar-refractivity contribution is 1.30. The average Bonchev–Trinajstić information content (AvgIpc) is 3.35. The Hall–Kier alpha value is -7.74. The largest absolute Gasteiger partial charge is 0.310 e. The highest BCUT2D eigenvalue weighted by Crippen LogP contribution is 2.47. The van der Waals surface area contributed by atoms with E-state index in [1.54, 1.807) is 0 Å². The predicted octanol–water partition coefficient (Wildman–Crippen LogP) is 16.4. The molecule has 11 aromatic carbocycles. The summed E-state index contributed by atoms with van der Waals surface area (Å²) in [5.41, 5.74) is 8.77. The molecule has 0 aliphatic heterocycles. The number of benzene rings is 11. The molecule has 0 atom stereocenters. The summed E-state index contributed by atoms with van der Waals surface area (Å²) in [7, 11) is 0. The van der Waals surface area contributed by atoms with Crippen LogP contribution in [0.1, 0.15) is 5.48 Å². The van der Waals surface area contributed by atoms with Gasteiger partial charge in [-0.15, -0.1) is 0 Å². The summed E-state index contributed by atoms with van der Waals surface area (Å²) < 4.78 is 40.1. The first kappa shape index (κ1) is 30.4. The molecule has 0 saturated heterocycles. The van der Waals surface area contributed by atoms with Crippen molar-refractivity contribution in [1.29, 1.82) is 0 Å². The number of fused-ring (bicyclic) bond motifs is 6. The quantitative estimate of drug-likeness (QED) is 0.147. The standard InChI is InChI=1S/C58H39N/c1-3-17-40(18-4-1)47-22-9-10-23-48(47)41-31-35-45(36-32-41)59(56-39-44-21-7-8-24-49(44)50-25-11-14-28-53(50)56)46-37-33-43(34-38-46)58-55-30-16-13-27-52(55)51-26-12-15-29-54(51)57(58)42-19-5-2-6-20-42/h1-39H/i33D,34D,37D,38D. The SMILES string of the molecule is [2H]c1c([2H])c(N(c2ccc(-c3ccccc3-c3ccccc3)cc2)c2cc3ccccc3c3ccccc23)c([2H])c([2H])c1-c1c(-c2ccccc2)c2ccccc2c2ccccc12. The van der Waals surface area contributed by atoms with Gasteiger partial charge in [0.1, 0.15) is 0 Å². The fourth-order valence-corrected chi connectivity index (χ4v) is 8.85. The maximum absolute atomic E-state index is 10.0. The Morgan fingerprint density at radius 3 is 1.31 bits per heavy atom. The van der Waals surface area contributed by atoms with E-state index in [2.05, 4.69) is 121 Å². The second-order valence-corrected chi connectivity index (χ2v) is 14.9. The van der Waals surface area contributed by atoms with Crippen LogP contribution in [0.2, 0.25) is 0 Å². The summed E-state index contributed by atoms with van der Waals surface area (Å²) in [6, 6.07) is 71.6. The lowest BCUT2D eigenvalue weighted by atomic mass is 9.85. The lowest BCUT2D eigenvalue weighted by Crippen LogP contribution is -2.10. The highest BCUT2D eigenvalue weighted by atomic mass is 15.1. The van der Waals surface area contributed by atoms with Crippen LogP contribution in [0.3, 0.4) is 0 Å². The first-order chi connectivity index (χ1) is 31.0. The maximum Gasteiger partial charge on any atom is 0.0645 e. The van der Waals surface area contributed by atoms with Gasteiger partial charge in [-0.3, -0.25) is 0 Å². The van der Waals surface area contributed by atoms with Gasteiger partial charge in [-0.1, -0.05) is 206 Å². The van der Waals surface area contributed by atoms with Crippen molar-refractivity contribution < 1.29 is 5.48 Å². The number of rotatable bonds is 7. The number of hydrogen-bond acceptors (Lipinski definition) is 1. The molecule has 0 aliphatic carbocycles. The third kappa shape index (κ3) is 6.04. The molecule has 0 heterocycles. The number of nitrogens with zero attached hydrogens (tertiary/aromatic N) is 1. The molecule has 0 unspecified atom stereocenters. The molecular formula is C58H39N. The van der Waals surface area contributed by atoms with E-state index >= 15 is 0 Å². The number of hydrogen-bond donors (Lipinski definition) is 0. The summed E-state index contributed by atoms with van der Waals surface area (Å²) in [5.74, 6) is 0. The van der Waals surface area contributed by atoms with Crippen LogP contribution >= 0.6 is 0 Å². The molecule has 0 saturated carbocycles. The molecule has 1 nitrogen and oxygen atoms in total. The van der Waals surface area contributed by atoms with Crippen molar-refractivity contribution in [3.8, 4) is 44.5 Å². The second-order valence-electron chi connectivity index (χ2n) is 14.9. The van der Waals surface area contributed by atoms with Gasteiger partial charge in [0.15, 0.2) is 0 Å². The summed E-state index contributed by atoms with van der Waals surface area (Å²) in [6.45, 7) is 0. The summed E-state index contributed by atoms with van der Waals surface area (Å²) in [6.07, 6.45) is 0. The van der Waals surface area contributed by atoms with Crippen LogP contribution in [-0.4, -0.2) is 0 Å². The molecular weight excluding hydrogens is 711 g/mol. The molecule has 0 bridgehead atoms. The molecule has 0 radical (unpaired) electrons. The van der Waals surface area contributed by atoms with Crippen LogP contribution in [0.4, 0.5) is 17.1 Å². The van der Waals surface area contributed by atoms with E-state index in [1.165, 1.54) is 0 Å². The zero-order valence-corrected chi connectivity index (χ0v) is 32.2. The second kappa shape index (κ2) is 14.6. The van der Waals surface area contributed by atoms with Crippen LogP contribution in [0.15, 0.2) is 236 Å². The monoisotopic (exact) mass is 753 g/mol. The normalized spacial score (nSPS) is 12.3. The minimum Gasteiger partial charge on any atom is -0.310 e. The molecule has 1 heteroatoms. The Bertz CT molecular complexity index is 3520. The van der Waals surface area contributed by atoms with Crippen molar-refractivity contribution in [3.05, 3.63) is 236 Å². The summed E-state index contributed by atoms with van der Waals surface area (Å²) >= 11 is 0. The molecule has 0 aromatic heterocycles. The molecule has 0 N–H and O–H groups in total. The van der Waals surface area contributed by atoms with Crippen molar-refractivity contribution >= 4 is 60.2 Å². The number of anilines is 3. The molecule has 11 rings (SSSR count). The zero-order chi connectivity index (χ0) is 42.6. The van der Waals surface area contributed by atoms with E-state index in [0.29, 0.717) is 11.3 Å². The van der Waals surface area contributed by atoms with Gasteiger partial charge >= 0.3 is 0 Å². The topological polar surface area (TPSA) is 3.24 Å². The van der Waals surface area contributed by atoms with E-state index in [1.807, 2.05) is 95.9 Å². The van der Waals surface area contributed by atoms with Gasteiger partial charge in [0.2, 0.25) is 0 Å². The van der Waals surface area contributed by atoms with Crippen LogP contribution in [-0.2, 0) is 0 Å². The fourth-order valence-electron chi connectivity index (χ4n) is 8.85. The van der Waals surface area contributed by atoms with Crippen molar-refractivity contribution in [2.24, 2.45) is 0 Å². The van der Waals surface area contributed by atoms with E-state index < -0.39 is 0 Å². The Morgan fingerprint density at radius 2 is 0.712 bits per heavy atom. The molecule has 0 spiro atoms. The van der Waals surface area contributed by atoms with E-state index in [0.717, 1.165) is 82.2 Å². The third-order valence-corrected chi connectivity index (χ3v) is 11.5. The Labute approximate surface area is 350 Å². The van der Waals surface area contributed by atoms with Gasteiger partial charge in [0.05, 0.1) is 11.2 Å². The summed E-state index contributed by atoms with van der Waals surface area (Å²) in [5, 5.41) is 7.97. The van der Waals surface area contributed by atoms with Crippen LogP contribution in [0.5, 0.6) is 0 Å². The Balaban J connectivity index is 1.19. The fraction of sp³-hybridized carbons (Fsp3) is 0. The van der Waals surface area contributed by atoms with Crippen molar-refractivity contribution in [2.45, 2.75) is 0 Å². The molecule has 59 heavy (non-hydrogen) atoms. The van der Waals surface area contributed by atoms with E-state index in [4.69, 9.17) is 0 Å². The first-order valence-corrected chi connectivity index (χ1v) is 20.0. The molecule has 0 aliphatic rings. The van der Waals surface area contributed by atoms with Gasteiger partial charge in [0, 0.05) is 16.8 Å².